The lowest BCUT2D eigenvalue weighted by atomic mass is 9.96. The molecule has 12 heteroatoms. The van der Waals surface area contributed by atoms with Crippen LogP contribution < -0.4 is 4.90 Å². The molecule has 4 heterocycles. The summed E-state index contributed by atoms with van der Waals surface area (Å²) in [7, 11) is -3.64. The van der Waals surface area contributed by atoms with Gasteiger partial charge in [0.1, 0.15) is 10.0 Å². The molecule has 4 aromatic rings. The van der Waals surface area contributed by atoms with E-state index in [-0.39, 0.29) is 41.5 Å². The molecular weight excluding hydrogens is 531 g/mol. The molecule has 182 valence electrons. The fourth-order valence-corrected chi connectivity index (χ4v) is 8.14. The van der Waals surface area contributed by atoms with E-state index >= 15 is 0 Å². The van der Waals surface area contributed by atoms with Crippen molar-refractivity contribution in [3.63, 3.8) is 0 Å². The number of benzene rings is 1. The van der Waals surface area contributed by atoms with E-state index < -0.39 is 10.0 Å². The van der Waals surface area contributed by atoms with Crippen LogP contribution in [0.1, 0.15) is 18.4 Å². The van der Waals surface area contributed by atoms with Gasteiger partial charge in [0, 0.05) is 31.4 Å². The van der Waals surface area contributed by atoms with Gasteiger partial charge in [-0.3, -0.25) is 14.7 Å². The molecule has 35 heavy (non-hydrogen) atoms. The molecule has 1 aliphatic rings. The Hall–Kier alpha value is -2.44. The SMILES string of the molecule is O=C(C1CCN(S(=O)(=O)c2ccc(Cl)s2)CC1)N(Cc1cccnc1)c1nc2ccc(F)cc2s1. The standard InChI is InChI=1S/C23H20ClFN4O3S3/c24-20-5-6-21(34-20)35(31,32)28-10-7-16(8-11-28)22(30)29(14-15-2-1-9-26-13-15)23-27-18-4-3-17(25)12-19(18)33-23/h1-6,9,12-13,16H,7-8,10-11,14H2. The van der Waals surface area contributed by atoms with Gasteiger partial charge in [-0.15, -0.1) is 11.3 Å². The van der Waals surface area contributed by atoms with Gasteiger partial charge < -0.3 is 0 Å². The number of amides is 1. The molecule has 0 radical (unpaired) electrons. The minimum atomic E-state index is -3.64. The quantitative estimate of drug-likeness (QED) is 0.330. The number of thiazole rings is 1. The number of carbonyl (C=O) groups is 1. The number of hydrogen-bond donors (Lipinski definition) is 0. The zero-order chi connectivity index (χ0) is 24.6. The molecule has 0 saturated carbocycles. The number of nitrogens with zero attached hydrogens (tertiary/aromatic N) is 4. The topological polar surface area (TPSA) is 83.5 Å². The van der Waals surface area contributed by atoms with Crippen LogP contribution in [0.15, 0.2) is 59.1 Å². The third-order valence-corrected chi connectivity index (χ3v) is 10.5. The third-order valence-electron chi connectivity index (χ3n) is 5.85. The summed E-state index contributed by atoms with van der Waals surface area (Å²) >= 11 is 8.20. The second-order valence-electron chi connectivity index (χ2n) is 8.13. The number of sulfonamides is 1. The molecule has 1 aliphatic heterocycles. The summed E-state index contributed by atoms with van der Waals surface area (Å²) in [4.78, 5) is 24.0. The molecule has 0 bridgehead atoms. The molecule has 1 fully saturated rings. The van der Waals surface area contributed by atoms with Crippen molar-refractivity contribution in [1.82, 2.24) is 14.3 Å². The molecule has 7 nitrogen and oxygen atoms in total. The summed E-state index contributed by atoms with van der Waals surface area (Å²) in [5, 5.41) is 0.475. The summed E-state index contributed by atoms with van der Waals surface area (Å²) in [6.45, 7) is 0.737. The van der Waals surface area contributed by atoms with E-state index in [0.29, 0.717) is 32.5 Å². The number of carbonyl (C=O) groups excluding carboxylic acids is 1. The van der Waals surface area contributed by atoms with Gasteiger partial charge in [-0.05, 0) is 54.8 Å². The maximum absolute atomic E-state index is 13.7. The highest BCUT2D eigenvalue weighted by Crippen LogP contribution is 2.34. The zero-order valence-corrected chi connectivity index (χ0v) is 21.5. The summed E-state index contributed by atoms with van der Waals surface area (Å²) in [6.07, 6.45) is 4.13. The number of thiophene rings is 1. The Labute approximate surface area is 214 Å². The van der Waals surface area contributed by atoms with Crippen LogP contribution in [0.2, 0.25) is 4.34 Å². The highest BCUT2D eigenvalue weighted by Gasteiger charge is 2.35. The first-order chi connectivity index (χ1) is 16.8. The van der Waals surface area contributed by atoms with Crippen molar-refractivity contribution in [2.45, 2.75) is 23.6 Å². The van der Waals surface area contributed by atoms with Crippen LogP contribution in [0.25, 0.3) is 10.2 Å². The molecule has 0 spiro atoms. The van der Waals surface area contributed by atoms with E-state index in [4.69, 9.17) is 11.6 Å². The summed E-state index contributed by atoms with van der Waals surface area (Å²) in [6, 6.07) is 11.1. The highest BCUT2D eigenvalue weighted by molar-refractivity contribution is 7.91. The van der Waals surface area contributed by atoms with Crippen LogP contribution in [0.3, 0.4) is 0 Å². The van der Waals surface area contributed by atoms with Gasteiger partial charge in [0.25, 0.3) is 10.0 Å². The van der Waals surface area contributed by atoms with Crippen LogP contribution in [0.4, 0.5) is 9.52 Å². The van der Waals surface area contributed by atoms with E-state index in [1.54, 1.807) is 35.5 Å². The van der Waals surface area contributed by atoms with Gasteiger partial charge >= 0.3 is 0 Å². The minimum absolute atomic E-state index is 0.135. The number of piperidine rings is 1. The Morgan fingerprint density at radius 2 is 1.97 bits per heavy atom. The van der Waals surface area contributed by atoms with Crippen molar-refractivity contribution in [2.75, 3.05) is 18.0 Å². The second-order valence-corrected chi connectivity index (χ2v) is 13.0. The molecule has 3 aromatic heterocycles. The number of hydrogen-bond acceptors (Lipinski definition) is 7. The Morgan fingerprint density at radius 1 is 1.17 bits per heavy atom. The first-order valence-corrected chi connectivity index (χ1v) is 14.3. The lowest BCUT2D eigenvalue weighted by molar-refractivity contribution is -0.123. The molecule has 1 amide bonds. The van der Waals surface area contributed by atoms with Crippen LogP contribution in [0.5, 0.6) is 0 Å². The van der Waals surface area contributed by atoms with Gasteiger partial charge in [0.05, 0.1) is 21.1 Å². The predicted molar refractivity (Wildman–Crippen MR) is 136 cm³/mol. The van der Waals surface area contributed by atoms with E-state index in [1.165, 1.54) is 33.8 Å². The number of halogens is 2. The predicted octanol–water partition coefficient (Wildman–Crippen LogP) is 5.18. The molecule has 1 aromatic carbocycles. The van der Waals surface area contributed by atoms with Gasteiger partial charge in [0.15, 0.2) is 5.13 Å². The number of rotatable bonds is 6. The monoisotopic (exact) mass is 550 g/mol. The molecule has 0 N–H and O–H groups in total. The van der Waals surface area contributed by atoms with Crippen molar-refractivity contribution in [2.24, 2.45) is 5.92 Å². The smallest absolute Gasteiger partial charge is 0.252 e. The van der Waals surface area contributed by atoms with Gasteiger partial charge in [0.2, 0.25) is 5.91 Å². The first-order valence-electron chi connectivity index (χ1n) is 10.8. The van der Waals surface area contributed by atoms with Gasteiger partial charge in [-0.25, -0.2) is 17.8 Å². The van der Waals surface area contributed by atoms with Crippen molar-refractivity contribution in [1.29, 1.82) is 0 Å². The molecule has 0 unspecified atom stereocenters. The first kappa shape index (κ1) is 24.3. The van der Waals surface area contributed by atoms with Crippen LogP contribution in [0, 0.1) is 11.7 Å². The van der Waals surface area contributed by atoms with Crippen LogP contribution in [-0.4, -0.2) is 41.7 Å². The van der Waals surface area contributed by atoms with Crippen molar-refractivity contribution < 1.29 is 17.6 Å². The Morgan fingerprint density at radius 3 is 2.66 bits per heavy atom. The largest absolute Gasteiger partial charge is 0.283 e. The maximum atomic E-state index is 13.7. The fourth-order valence-electron chi connectivity index (χ4n) is 4.04. The Balaban J connectivity index is 1.37. The normalized spacial score (nSPS) is 15.5. The Kier molecular flexibility index (Phi) is 6.86. The van der Waals surface area contributed by atoms with Crippen LogP contribution in [-0.2, 0) is 21.4 Å². The lowest BCUT2D eigenvalue weighted by Gasteiger charge is -2.32. The lowest BCUT2D eigenvalue weighted by Crippen LogP contribution is -2.44. The van der Waals surface area contributed by atoms with Crippen molar-refractivity contribution in [3.8, 4) is 0 Å². The average molecular weight is 551 g/mol. The fraction of sp³-hybridized carbons (Fsp3) is 0.261. The third kappa shape index (κ3) is 5.10. The number of fused-ring (bicyclic) bond motifs is 1. The van der Waals surface area contributed by atoms with Crippen molar-refractivity contribution in [3.05, 3.63) is 70.6 Å². The number of aromatic nitrogens is 2. The number of pyridine rings is 1. The molecule has 5 rings (SSSR count). The van der Waals surface area contributed by atoms with Crippen molar-refractivity contribution >= 4 is 65.6 Å². The molecule has 0 atom stereocenters. The Bertz CT molecular complexity index is 1470. The zero-order valence-electron chi connectivity index (χ0n) is 18.3. The van der Waals surface area contributed by atoms with E-state index in [1.807, 2.05) is 6.07 Å². The van der Waals surface area contributed by atoms with E-state index in [9.17, 15) is 17.6 Å². The van der Waals surface area contributed by atoms with E-state index in [2.05, 4.69) is 9.97 Å². The summed E-state index contributed by atoms with van der Waals surface area (Å²) < 4.78 is 42.3. The summed E-state index contributed by atoms with van der Waals surface area (Å²) in [5.74, 6) is -0.864. The molecule has 0 aliphatic carbocycles. The minimum Gasteiger partial charge on any atom is -0.283 e. The van der Waals surface area contributed by atoms with Gasteiger partial charge in [-0.1, -0.05) is 29.0 Å². The molecular formula is C23H20ClFN4O3S3. The van der Waals surface area contributed by atoms with E-state index in [0.717, 1.165) is 16.9 Å². The average Bonchev–Trinajstić information content (AvgIpc) is 3.49. The van der Waals surface area contributed by atoms with Crippen LogP contribution >= 0.6 is 34.3 Å². The van der Waals surface area contributed by atoms with Gasteiger partial charge in [-0.2, -0.15) is 4.31 Å². The molecule has 1 saturated heterocycles. The highest BCUT2D eigenvalue weighted by atomic mass is 35.5. The summed E-state index contributed by atoms with van der Waals surface area (Å²) in [5.41, 5.74) is 1.45. The number of anilines is 1. The second kappa shape index (κ2) is 9.90. The maximum Gasteiger partial charge on any atom is 0.252 e.